The van der Waals surface area contributed by atoms with E-state index in [0.29, 0.717) is 17.0 Å². The van der Waals surface area contributed by atoms with E-state index in [-0.39, 0.29) is 18.1 Å². The summed E-state index contributed by atoms with van der Waals surface area (Å²) in [4.78, 5) is 12.1. The molecule has 3 aromatic rings. The Morgan fingerprint density at radius 3 is 2.31 bits per heavy atom. The number of aliphatic hydroxyl groups is 1. The first-order valence-electron chi connectivity index (χ1n) is 8.15. The average molecular weight is 351 g/mol. The first kappa shape index (κ1) is 17.6. The molecule has 1 atom stereocenters. The van der Waals surface area contributed by atoms with Gasteiger partial charge in [0, 0.05) is 16.8 Å². The van der Waals surface area contributed by atoms with Gasteiger partial charge in [-0.15, -0.1) is 0 Å². The van der Waals surface area contributed by atoms with E-state index in [1.807, 2.05) is 6.07 Å². The lowest BCUT2D eigenvalue weighted by atomic mass is 10.1. The van der Waals surface area contributed by atoms with Crippen LogP contribution in [0.15, 0.2) is 78.9 Å². The molecule has 4 nitrogen and oxygen atoms in total. The van der Waals surface area contributed by atoms with Crippen LogP contribution in [0, 0.1) is 5.82 Å². The molecular weight excluding hydrogens is 333 g/mol. The molecule has 132 valence electrons. The van der Waals surface area contributed by atoms with Crippen LogP contribution < -0.4 is 10.1 Å². The third kappa shape index (κ3) is 4.46. The Morgan fingerprint density at radius 1 is 0.962 bits per heavy atom. The van der Waals surface area contributed by atoms with Crippen molar-refractivity contribution in [1.82, 2.24) is 0 Å². The molecule has 0 saturated heterocycles. The molecule has 2 N–H and O–H groups in total. The molecule has 5 heteroatoms. The SMILES string of the molecule is O=C(Nc1ccc(OC[C@H](O)c2ccccc2F)cc1)c1ccccc1. The lowest BCUT2D eigenvalue weighted by Gasteiger charge is -2.14. The van der Waals surface area contributed by atoms with Gasteiger partial charge in [-0.05, 0) is 42.5 Å². The van der Waals surface area contributed by atoms with E-state index >= 15 is 0 Å². The fourth-order valence-electron chi connectivity index (χ4n) is 2.44. The van der Waals surface area contributed by atoms with Gasteiger partial charge in [-0.3, -0.25) is 4.79 Å². The molecule has 0 aromatic heterocycles. The zero-order valence-electron chi connectivity index (χ0n) is 13.9. The molecule has 0 aliphatic carbocycles. The molecule has 0 bridgehead atoms. The van der Waals surface area contributed by atoms with Crippen molar-refractivity contribution in [2.24, 2.45) is 0 Å². The van der Waals surface area contributed by atoms with Crippen LogP contribution in [0.25, 0.3) is 0 Å². The average Bonchev–Trinajstić information content (AvgIpc) is 2.68. The van der Waals surface area contributed by atoms with Crippen molar-refractivity contribution in [3.05, 3.63) is 95.8 Å². The molecule has 0 unspecified atom stereocenters. The van der Waals surface area contributed by atoms with Gasteiger partial charge in [-0.1, -0.05) is 36.4 Å². The van der Waals surface area contributed by atoms with E-state index in [2.05, 4.69) is 5.32 Å². The van der Waals surface area contributed by atoms with Gasteiger partial charge in [0.2, 0.25) is 0 Å². The lowest BCUT2D eigenvalue weighted by molar-refractivity contribution is 0.102. The van der Waals surface area contributed by atoms with Crippen molar-refractivity contribution in [3.63, 3.8) is 0 Å². The van der Waals surface area contributed by atoms with Crippen LogP contribution in [-0.4, -0.2) is 17.6 Å². The highest BCUT2D eigenvalue weighted by atomic mass is 19.1. The monoisotopic (exact) mass is 351 g/mol. The van der Waals surface area contributed by atoms with Crippen LogP contribution in [0.1, 0.15) is 22.0 Å². The molecule has 0 spiro atoms. The minimum Gasteiger partial charge on any atom is -0.491 e. The Balaban J connectivity index is 1.56. The predicted molar refractivity (Wildman–Crippen MR) is 97.7 cm³/mol. The van der Waals surface area contributed by atoms with Crippen LogP contribution in [0.3, 0.4) is 0 Å². The van der Waals surface area contributed by atoms with Crippen molar-refractivity contribution in [1.29, 1.82) is 0 Å². The summed E-state index contributed by atoms with van der Waals surface area (Å²) in [6, 6.07) is 21.7. The number of carbonyl (C=O) groups excluding carboxylic acids is 1. The van der Waals surface area contributed by atoms with Gasteiger partial charge in [-0.2, -0.15) is 0 Å². The third-order valence-corrected chi connectivity index (χ3v) is 3.82. The van der Waals surface area contributed by atoms with Gasteiger partial charge >= 0.3 is 0 Å². The summed E-state index contributed by atoms with van der Waals surface area (Å²) in [6.07, 6.45) is -1.06. The number of amides is 1. The zero-order valence-corrected chi connectivity index (χ0v) is 13.9. The summed E-state index contributed by atoms with van der Waals surface area (Å²) in [5.74, 6) is -0.157. The number of nitrogens with one attached hydrogen (secondary N) is 1. The largest absolute Gasteiger partial charge is 0.491 e. The van der Waals surface area contributed by atoms with Crippen LogP contribution >= 0.6 is 0 Å². The van der Waals surface area contributed by atoms with Gasteiger partial charge in [0.15, 0.2) is 0 Å². The summed E-state index contributed by atoms with van der Waals surface area (Å²) < 4.78 is 19.1. The van der Waals surface area contributed by atoms with Gasteiger partial charge in [0.05, 0.1) is 0 Å². The fraction of sp³-hybridized carbons (Fsp3) is 0.0952. The van der Waals surface area contributed by atoms with Crippen molar-refractivity contribution in [2.45, 2.75) is 6.10 Å². The molecule has 3 aromatic carbocycles. The molecular formula is C21H18FNO3. The molecule has 0 aliphatic heterocycles. The molecule has 0 aliphatic rings. The topological polar surface area (TPSA) is 58.6 Å². The lowest BCUT2D eigenvalue weighted by Crippen LogP contribution is -2.12. The van der Waals surface area contributed by atoms with Crippen LogP contribution in [0.4, 0.5) is 10.1 Å². The summed E-state index contributed by atoms with van der Waals surface area (Å²) >= 11 is 0. The van der Waals surface area contributed by atoms with E-state index in [1.54, 1.807) is 60.7 Å². The van der Waals surface area contributed by atoms with Crippen molar-refractivity contribution < 1.29 is 19.0 Å². The van der Waals surface area contributed by atoms with Crippen molar-refractivity contribution in [2.75, 3.05) is 11.9 Å². The Hall–Kier alpha value is -3.18. The zero-order chi connectivity index (χ0) is 18.4. The number of carbonyl (C=O) groups is 1. The van der Waals surface area contributed by atoms with Crippen LogP contribution in [0.5, 0.6) is 5.75 Å². The second-order valence-corrected chi connectivity index (χ2v) is 5.69. The quantitative estimate of drug-likeness (QED) is 0.700. The molecule has 3 rings (SSSR count). The smallest absolute Gasteiger partial charge is 0.255 e. The molecule has 0 heterocycles. The highest BCUT2D eigenvalue weighted by molar-refractivity contribution is 6.04. The first-order chi connectivity index (χ1) is 12.6. The summed E-state index contributed by atoms with van der Waals surface area (Å²) in [6.45, 7) is -0.0728. The number of hydrogen-bond acceptors (Lipinski definition) is 3. The Kier molecular flexibility index (Phi) is 5.61. The number of benzene rings is 3. The minimum atomic E-state index is -1.06. The summed E-state index contributed by atoms with van der Waals surface area (Å²) in [7, 11) is 0. The van der Waals surface area contributed by atoms with E-state index in [0.717, 1.165) is 0 Å². The van der Waals surface area contributed by atoms with Gasteiger partial charge in [-0.25, -0.2) is 4.39 Å². The number of ether oxygens (including phenoxy) is 1. The second kappa shape index (κ2) is 8.27. The van der Waals surface area contributed by atoms with E-state index in [9.17, 15) is 14.3 Å². The number of aliphatic hydroxyl groups excluding tert-OH is 1. The molecule has 1 amide bonds. The molecule has 0 saturated carbocycles. The van der Waals surface area contributed by atoms with Crippen molar-refractivity contribution in [3.8, 4) is 5.75 Å². The Bertz CT molecular complexity index is 866. The fourth-order valence-corrected chi connectivity index (χ4v) is 2.44. The number of halogens is 1. The van der Waals surface area contributed by atoms with Crippen molar-refractivity contribution >= 4 is 11.6 Å². The number of anilines is 1. The summed E-state index contributed by atoms with van der Waals surface area (Å²) in [5, 5.41) is 12.8. The highest BCUT2D eigenvalue weighted by Gasteiger charge is 2.13. The van der Waals surface area contributed by atoms with E-state index in [4.69, 9.17) is 4.74 Å². The van der Waals surface area contributed by atoms with Gasteiger partial charge in [0.1, 0.15) is 24.3 Å². The van der Waals surface area contributed by atoms with Gasteiger partial charge < -0.3 is 15.2 Å². The normalized spacial score (nSPS) is 11.6. The Morgan fingerprint density at radius 2 is 1.62 bits per heavy atom. The standard InChI is InChI=1S/C21H18FNO3/c22-19-9-5-4-8-18(19)20(24)14-26-17-12-10-16(11-13-17)23-21(25)15-6-2-1-3-7-15/h1-13,20,24H,14H2,(H,23,25)/t20-/m0/s1. The Labute approximate surface area is 150 Å². The maximum atomic E-state index is 13.6. The minimum absolute atomic E-state index is 0.0728. The van der Waals surface area contributed by atoms with Gasteiger partial charge in [0.25, 0.3) is 5.91 Å². The van der Waals surface area contributed by atoms with E-state index in [1.165, 1.54) is 12.1 Å². The molecule has 0 fully saturated rings. The highest BCUT2D eigenvalue weighted by Crippen LogP contribution is 2.20. The summed E-state index contributed by atoms with van der Waals surface area (Å²) in [5.41, 5.74) is 1.39. The van der Waals surface area contributed by atoms with Crippen LogP contribution in [-0.2, 0) is 0 Å². The maximum absolute atomic E-state index is 13.6. The number of rotatable bonds is 6. The second-order valence-electron chi connectivity index (χ2n) is 5.69. The molecule has 0 radical (unpaired) electrons. The van der Waals surface area contributed by atoms with E-state index < -0.39 is 11.9 Å². The van der Waals surface area contributed by atoms with Crippen LogP contribution in [0.2, 0.25) is 0 Å². The predicted octanol–water partition coefficient (Wildman–Crippen LogP) is 4.19. The number of hydrogen-bond donors (Lipinski definition) is 2. The molecule has 26 heavy (non-hydrogen) atoms. The first-order valence-corrected chi connectivity index (χ1v) is 8.15. The third-order valence-electron chi connectivity index (χ3n) is 3.82. The maximum Gasteiger partial charge on any atom is 0.255 e.